The number of anilines is 1. The SMILES string of the molecule is CC(=O)c1oc2ccccc2c1NC(=O)CCNC(=O)c1ccco1. The summed E-state index contributed by atoms with van der Waals surface area (Å²) in [5, 5.41) is 5.93. The molecule has 0 spiro atoms. The molecule has 2 N–H and O–H groups in total. The van der Waals surface area contributed by atoms with E-state index in [-0.39, 0.29) is 36.2 Å². The number of fused-ring (bicyclic) bond motifs is 1. The Morgan fingerprint density at radius 1 is 1.08 bits per heavy atom. The lowest BCUT2D eigenvalue weighted by Crippen LogP contribution is -2.27. The van der Waals surface area contributed by atoms with Crippen LogP contribution in [0.5, 0.6) is 0 Å². The third kappa shape index (κ3) is 3.60. The number of nitrogens with one attached hydrogen (secondary N) is 2. The van der Waals surface area contributed by atoms with E-state index in [0.29, 0.717) is 16.7 Å². The maximum atomic E-state index is 12.2. The number of carbonyl (C=O) groups excluding carboxylic acids is 3. The second-order valence-electron chi connectivity index (χ2n) is 5.39. The van der Waals surface area contributed by atoms with Gasteiger partial charge < -0.3 is 19.5 Å². The van der Waals surface area contributed by atoms with Crippen molar-refractivity contribution >= 4 is 34.3 Å². The molecule has 1 aromatic carbocycles. The van der Waals surface area contributed by atoms with Gasteiger partial charge in [-0.2, -0.15) is 0 Å². The minimum absolute atomic E-state index is 0.0449. The third-order valence-corrected chi connectivity index (χ3v) is 3.56. The van der Waals surface area contributed by atoms with Crippen molar-refractivity contribution in [2.24, 2.45) is 0 Å². The molecule has 2 heterocycles. The Bertz CT molecular complexity index is 924. The van der Waals surface area contributed by atoms with E-state index in [0.717, 1.165) is 0 Å². The topological polar surface area (TPSA) is 102 Å². The Kier molecular flexibility index (Phi) is 4.65. The standard InChI is InChI=1S/C18H16N2O5/c1-11(21)17-16(12-5-2-3-6-13(12)25-17)20-15(22)8-9-19-18(23)14-7-4-10-24-14/h2-7,10H,8-9H2,1H3,(H,19,23)(H,20,22). The summed E-state index contributed by atoms with van der Waals surface area (Å²) in [5.41, 5.74) is 0.875. The molecule has 25 heavy (non-hydrogen) atoms. The predicted octanol–water partition coefficient (Wildman–Crippen LogP) is 2.99. The summed E-state index contributed by atoms with van der Waals surface area (Å²) in [6, 6.07) is 10.2. The van der Waals surface area contributed by atoms with Crippen LogP contribution in [0.4, 0.5) is 5.69 Å². The van der Waals surface area contributed by atoms with Crippen molar-refractivity contribution in [3.63, 3.8) is 0 Å². The number of ketones is 1. The number of rotatable bonds is 6. The second kappa shape index (κ2) is 7.04. The van der Waals surface area contributed by atoms with Gasteiger partial charge in [0.2, 0.25) is 5.91 Å². The highest BCUT2D eigenvalue weighted by atomic mass is 16.3. The average Bonchev–Trinajstić information content (AvgIpc) is 3.23. The molecule has 0 aliphatic carbocycles. The van der Waals surface area contributed by atoms with Crippen molar-refractivity contribution in [3.8, 4) is 0 Å². The van der Waals surface area contributed by atoms with Gasteiger partial charge in [0.15, 0.2) is 17.3 Å². The number of Topliss-reactive ketones (excluding diaryl/α,β-unsaturated/α-hetero) is 1. The molecule has 128 valence electrons. The van der Waals surface area contributed by atoms with Crippen molar-refractivity contribution in [2.75, 3.05) is 11.9 Å². The van der Waals surface area contributed by atoms with Crippen LogP contribution < -0.4 is 10.6 Å². The molecule has 0 radical (unpaired) electrons. The summed E-state index contributed by atoms with van der Waals surface area (Å²) < 4.78 is 10.5. The summed E-state index contributed by atoms with van der Waals surface area (Å²) in [4.78, 5) is 35.6. The molecule has 3 aromatic rings. The van der Waals surface area contributed by atoms with E-state index in [1.165, 1.54) is 19.3 Å². The first-order chi connectivity index (χ1) is 12.1. The van der Waals surface area contributed by atoms with Crippen LogP contribution >= 0.6 is 0 Å². The highest BCUT2D eigenvalue weighted by Crippen LogP contribution is 2.31. The smallest absolute Gasteiger partial charge is 0.286 e. The van der Waals surface area contributed by atoms with E-state index in [2.05, 4.69) is 10.6 Å². The zero-order valence-electron chi connectivity index (χ0n) is 13.5. The van der Waals surface area contributed by atoms with Gasteiger partial charge in [0.25, 0.3) is 5.91 Å². The molecule has 0 unspecified atom stereocenters. The number of hydrogen-bond acceptors (Lipinski definition) is 5. The number of hydrogen-bond donors (Lipinski definition) is 2. The number of furan rings is 2. The van der Waals surface area contributed by atoms with Crippen molar-refractivity contribution in [3.05, 3.63) is 54.2 Å². The molecule has 2 amide bonds. The summed E-state index contributed by atoms with van der Waals surface area (Å²) in [7, 11) is 0. The van der Waals surface area contributed by atoms with E-state index in [4.69, 9.17) is 8.83 Å². The van der Waals surface area contributed by atoms with E-state index >= 15 is 0 Å². The maximum absolute atomic E-state index is 12.2. The highest BCUT2D eigenvalue weighted by Gasteiger charge is 2.19. The fourth-order valence-electron chi connectivity index (χ4n) is 2.40. The summed E-state index contributed by atoms with van der Waals surface area (Å²) >= 11 is 0. The van der Waals surface area contributed by atoms with Crippen LogP contribution in [0.1, 0.15) is 34.5 Å². The van der Waals surface area contributed by atoms with Crippen molar-refractivity contribution in [1.82, 2.24) is 5.32 Å². The second-order valence-corrected chi connectivity index (χ2v) is 5.39. The molecule has 0 saturated heterocycles. The fourth-order valence-corrected chi connectivity index (χ4v) is 2.40. The molecule has 0 atom stereocenters. The van der Waals surface area contributed by atoms with Crippen LogP contribution in [-0.4, -0.2) is 24.1 Å². The minimum atomic E-state index is -0.393. The van der Waals surface area contributed by atoms with Crippen LogP contribution in [0, 0.1) is 0 Å². The molecule has 7 heteroatoms. The average molecular weight is 340 g/mol. The van der Waals surface area contributed by atoms with E-state index in [9.17, 15) is 14.4 Å². The van der Waals surface area contributed by atoms with Gasteiger partial charge in [0.05, 0.1) is 12.0 Å². The largest absolute Gasteiger partial charge is 0.459 e. The minimum Gasteiger partial charge on any atom is -0.459 e. The first kappa shape index (κ1) is 16.5. The number of amides is 2. The van der Waals surface area contributed by atoms with E-state index in [1.807, 2.05) is 0 Å². The summed E-state index contributed by atoms with van der Waals surface area (Å²) in [6.07, 6.45) is 1.44. The van der Waals surface area contributed by atoms with Gasteiger partial charge in [0, 0.05) is 25.3 Å². The Balaban J connectivity index is 1.65. The van der Waals surface area contributed by atoms with Gasteiger partial charge in [-0.15, -0.1) is 0 Å². The molecular formula is C18H16N2O5. The molecule has 2 aromatic heterocycles. The third-order valence-electron chi connectivity index (χ3n) is 3.56. The number of carbonyl (C=O) groups is 3. The van der Waals surface area contributed by atoms with E-state index < -0.39 is 5.91 Å². The summed E-state index contributed by atoms with van der Waals surface area (Å²) in [5.74, 6) is -0.725. The van der Waals surface area contributed by atoms with Gasteiger partial charge in [-0.1, -0.05) is 12.1 Å². The number of benzene rings is 1. The van der Waals surface area contributed by atoms with Crippen LogP contribution in [0.15, 0.2) is 51.5 Å². The monoisotopic (exact) mass is 340 g/mol. The summed E-state index contributed by atoms with van der Waals surface area (Å²) in [6.45, 7) is 1.51. The van der Waals surface area contributed by atoms with E-state index in [1.54, 1.807) is 30.3 Å². The lowest BCUT2D eigenvalue weighted by atomic mass is 10.2. The maximum Gasteiger partial charge on any atom is 0.286 e. The molecular weight excluding hydrogens is 324 g/mol. The lowest BCUT2D eigenvalue weighted by Gasteiger charge is -2.06. The molecule has 0 bridgehead atoms. The zero-order valence-corrected chi connectivity index (χ0v) is 13.5. The lowest BCUT2D eigenvalue weighted by molar-refractivity contribution is -0.116. The zero-order chi connectivity index (χ0) is 17.8. The van der Waals surface area contributed by atoms with Gasteiger partial charge in [-0.3, -0.25) is 14.4 Å². The molecule has 7 nitrogen and oxygen atoms in total. The first-order valence-corrected chi connectivity index (χ1v) is 7.70. The van der Waals surface area contributed by atoms with Crippen LogP contribution in [0.3, 0.4) is 0 Å². The molecule has 0 aliphatic heterocycles. The first-order valence-electron chi connectivity index (χ1n) is 7.70. The molecule has 3 rings (SSSR count). The van der Waals surface area contributed by atoms with Gasteiger partial charge >= 0.3 is 0 Å². The fraction of sp³-hybridized carbons (Fsp3) is 0.167. The highest BCUT2D eigenvalue weighted by molar-refractivity contribution is 6.10. The van der Waals surface area contributed by atoms with Crippen LogP contribution in [-0.2, 0) is 4.79 Å². The Hall–Kier alpha value is -3.35. The van der Waals surface area contributed by atoms with Gasteiger partial charge in [0.1, 0.15) is 5.58 Å². The molecule has 0 aliphatic rings. The van der Waals surface area contributed by atoms with Crippen LogP contribution in [0.25, 0.3) is 11.0 Å². The van der Waals surface area contributed by atoms with Crippen molar-refractivity contribution in [1.29, 1.82) is 0 Å². The molecule has 0 fully saturated rings. The van der Waals surface area contributed by atoms with Gasteiger partial charge in [-0.25, -0.2) is 0 Å². The van der Waals surface area contributed by atoms with Crippen molar-refractivity contribution < 1.29 is 23.2 Å². The van der Waals surface area contributed by atoms with Gasteiger partial charge in [-0.05, 0) is 24.3 Å². The Labute approximate surface area is 143 Å². The van der Waals surface area contributed by atoms with Crippen molar-refractivity contribution in [2.45, 2.75) is 13.3 Å². The predicted molar refractivity (Wildman–Crippen MR) is 90.5 cm³/mol. The number of para-hydroxylation sites is 1. The Morgan fingerprint density at radius 3 is 2.60 bits per heavy atom. The molecule has 0 saturated carbocycles. The quantitative estimate of drug-likeness (QED) is 0.672. The van der Waals surface area contributed by atoms with Crippen LogP contribution in [0.2, 0.25) is 0 Å². The normalized spacial score (nSPS) is 10.6. The Morgan fingerprint density at radius 2 is 1.88 bits per heavy atom.